The monoisotopic (exact) mass is 316 g/mol. The number of hydrogen-bond acceptors (Lipinski definition) is 4. The summed E-state index contributed by atoms with van der Waals surface area (Å²) in [6, 6.07) is 5.45. The van der Waals surface area contributed by atoms with Gasteiger partial charge in [0, 0.05) is 12.5 Å². The van der Waals surface area contributed by atoms with Crippen LogP contribution in [0.4, 0.5) is 5.69 Å². The van der Waals surface area contributed by atoms with Crippen molar-refractivity contribution in [3.05, 3.63) is 18.2 Å². The highest BCUT2D eigenvalue weighted by Crippen LogP contribution is 2.29. The van der Waals surface area contributed by atoms with Crippen molar-refractivity contribution in [3.63, 3.8) is 0 Å². The van der Waals surface area contributed by atoms with E-state index < -0.39 is 0 Å². The largest absolute Gasteiger partial charge is 0.494 e. The molecule has 0 aliphatic carbocycles. The Hall–Kier alpha value is -1.46. The molecule has 0 spiro atoms. The van der Waals surface area contributed by atoms with Gasteiger partial charge in [0.05, 0.1) is 18.9 Å². The predicted molar refractivity (Wildman–Crippen MR) is 87.8 cm³/mol. The third-order valence-electron chi connectivity index (χ3n) is 2.67. The van der Waals surface area contributed by atoms with E-state index in [2.05, 4.69) is 10.6 Å². The number of rotatable bonds is 9. The minimum Gasteiger partial charge on any atom is -0.494 e. The van der Waals surface area contributed by atoms with E-state index in [1.807, 2.05) is 33.0 Å². The van der Waals surface area contributed by atoms with Crippen LogP contribution in [-0.4, -0.2) is 32.7 Å². The Morgan fingerprint density at radius 1 is 1.19 bits per heavy atom. The zero-order chi connectivity index (χ0) is 14.8. The van der Waals surface area contributed by atoms with Crippen LogP contribution in [-0.2, 0) is 4.79 Å². The summed E-state index contributed by atoms with van der Waals surface area (Å²) >= 11 is 0. The normalized spacial score (nSPS) is 9.67. The van der Waals surface area contributed by atoms with Gasteiger partial charge in [0.2, 0.25) is 5.91 Å². The van der Waals surface area contributed by atoms with Gasteiger partial charge in [0.1, 0.15) is 11.5 Å². The van der Waals surface area contributed by atoms with E-state index in [1.165, 1.54) is 0 Å². The van der Waals surface area contributed by atoms with Gasteiger partial charge in [0.25, 0.3) is 0 Å². The number of benzene rings is 1. The fourth-order valence-corrected chi connectivity index (χ4v) is 1.78. The highest BCUT2D eigenvalue weighted by Gasteiger charge is 2.09. The standard InChI is InChI=1S/C15H24N2O3.ClH/c1-4-19-12-8-9-14(20-5-2)13(11-12)17-15(18)7-6-10-16-3;/h8-9,11,16H,4-7,10H2,1-3H3,(H,17,18);1H. The molecule has 0 aliphatic heterocycles. The molecule has 120 valence electrons. The Kier molecular flexibility index (Phi) is 10.4. The lowest BCUT2D eigenvalue weighted by molar-refractivity contribution is -0.116. The highest BCUT2D eigenvalue weighted by atomic mass is 35.5. The van der Waals surface area contributed by atoms with Crippen molar-refractivity contribution in [3.8, 4) is 11.5 Å². The zero-order valence-electron chi connectivity index (χ0n) is 12.9. The summed E-state index contributed by atoms with van der Waals surface area (Å²) in [6.45, 7) is 5.80. The summed E-state index contributed by atoms with van der Waals surface area (Å²) in [4.78, 5) is 11.9. The lowest BCUT2D eigenvalue weighted by Gasteiger charge is -2.13. The summed E-state index contributed by atoms with van der Waals surface area (Å²) in [6.07, 6.45) is 1.28. The van der Waals surface area contributed by atoms with Gasteiger partial charge in [-0.15, -0.1) is 12.4 Å². The maximum Gasteiger partial charge on any atom is 0.224 e. The summed E-state index contributed by atoms with van der Waals surface area (Å²) in [5.41, 5.74) is 0.659. The average Bonchev–Trinajstić information content (AvgIpc) is 2.42. The van der Waals surface area contributed by atoms with Crippen molar-refractivity contribution in [1.82, 2.24) is 5.32 Å². The maximum atomic E-state index is 11.9. The molecule has 0 fully saturated rings. The molecule has 0 aliphatic rings. The second-order valence-electron chi connectivity index (χ2n) is 4.28. The van der Waals surface area contributed by atoms with Crippen LogP contribution in [0.15, 0.2) is 18.2 Å². The third kappa shape index (κ3) is 7.20. The van der Waals surface area contributed by atoms with Crippen LogP contribution in [0.1, 0.15) is 26.7 Å². The van der Waals surface area contributed by atoms with E-state index in [0.717, 1.165) is 18.7 Å². The molecule has 1 rings (SSSR count). The minimum absolute atomic E-state index is 0. The molecule has 6 heteroatoms. The smallest absolute Gasteiger partial charge is 0.224 e. The van der Waals surface area contributed by atoms with Crippen LogP contribution in [0.5, 0.6) is 11.5 Å². The van der Waals surface area contributed by atoms with Gasteiger partial charge in [-0.2, -0.15) is 0 Å². The second-order valence-corrected chi connectivity index (χ2v) is 4.28. The Morgan fingerprint density at radius 2 is 1.90 bits per heavy atom. The van der Waals surface area contributed by atoms with E-state index >= 15 is 0 Å². The lowest BCUT2D eigenvalue weighted by atomic mass is 10.2. The molecular weight excluding hydrogens is 292 g/mol. The van der Waals surface area contributed by atoms with Gasteiger partial charge in [-0.1, -0.05) is 0 Å². The summed E-state index contributed by atoms with van der Waals surface area (Å²) in [5.74, 6) is 1.37. The molecule has 0 heterocycles. The molecule has 0 saturated carbocycles. The van der Waals surface area contributed by atoms with Crippen LogP contribution in [0.25, 0.3) is 0 Å². The average molecular weight is 317 g/mol. The molecule has 0 radical (unpaired) electrons. The molecule has 21 heavy (non-hydrogen) atoms. The quantitative estimate of drug-likeness (QED) is 0.688. The van der Waals surface area contributed by atoms with Gasteiger partial charge in [-0.25, -0.2) is 0 Å². The number of anilines is 1. The number of carbonyl (C=O) groups excluding carboxylic acids is 1. The molecule has 1 aromatic rings. The molecule has 1 amide bonds. The second kappa shape index (κ2) is 11.2. The Balaban J connectivity index is 0.00000400. The Morgan fingerprint density at radius 3 is 2.52 bits per heavy atom. The Labute approximate surface area is 132 Å². The van der Waals surface area contributed by atoms with Crippen LogP contribution >= 0.6 is 12.4 Å². The van der Waals surface area contributed by atoms with Crippen molar-refractivity contribution in [2.45, 2.75) is 26.7 Å². The van der Waals surface area contributed by atoms with Crippen molar-refractivity contribution in [2.24, 2.45) is 0 Å². The van der Waals surface area contributed by atoms with Gasteiger partial charge >= 0.3 is 0 Å². The number of halogens is 1. The van der Waals surface area contributed by atoms with Crippen molar-refractivity contribution in [2.75, 3.05) is 32.1 Å². The number of amides is 1. The molecule has 2 N–H and O–H groups in total. The van der Waals surface area contributed by atoms with Crippen molar-refractivity contribution >= 4 is 24.0 Å². The predicted octanol–water partition coefficient (Wildman–Crippen LogP) is 2.84. The van der Waals surface area contributed by atoms with Gasteiger partial charge in [-0.3, -0.25) is 4.79 Å². The molecule has 0 aromatic heterocycles. The number of hydrogen-bond donors (Lipinski definition) is 2. The molecule has 0 atom stereocenters. The number of nitrogens with one attached hydrogen (secondary N) is 2. The first-order valence-corrected chi connectivity index (χ1v) is 7.05. The van der Waals surface area contributed by atoms with Crippen molar-refractivity contribution < 1.29 is 14.3 Å². The van der Waals surface area contributed by atoms with E-state index in [0.29, 0.717) is 31.1 Å². The van der Waals surface area contributed by atoms with E-state index in [1.54, 1.807) is 6.07 Å². The fourth-order valence-electron chi connectivity index (χ4n) is 1.78. The van der Waals surface area contributed by atoms with E-state index in [9.17, 15) is 4.79 Å². The summed E-state index contributed by atoms with van der Waals surface area (Å²) in [7, 11) is 1.87. The van der Waals surface area contributed by atoms with Crippen LogP contribution in [0.3, 0.4) is 0 Å². The minimum atomic E-state index is -0.0187. The molecule has 0 bridgehead atoms. The van der Waals surface area contributed by atoms with Crippen molar-refractivity contribution in [1.29, 1.82) is 0 Å². The molecular formula is C15H25ClN2O3. The zero-order valence-corrected chi connectivity index (χ0v) is 13.7. The topological polar surface area (TPSA) is 59.6 Å². The first kappa shape index (κ1) is 19.5. The van der Waals surface area contributed by atoms with Crippen LogP contribution in [0, 0.1) is 0 Å². The Bertz CT molecular complexity index is 427. The van der Waals surface area contributed by atoms with Gasteiger partial charge in [0.15, 0.2) is 0 Å². The van der Waals surface area contributed by atoms with E-state index in [-0.39, 0.29) is 18.3 Å². The van der Waals surface area contributed by atoms with Crippen LogP contribution in [0.2, 0.25) is 0 Å². The summed E-state index contributed by atoms with van der Waals surface area (Å²) < 4.78 is 11.0. The number of carbonyl (C=O) groups is 1. The maximum absolute atomic E-state index is 11.9. The molecule has 1 aromatic carbocycles. The first-order valence-electron chi connectivity index (χ1n) is 7.05. The SMILES string of the molecule is CCOc1ccc(OCC)c(NC(=O)CCCNC)c1.Cl. The van der Waals surface area contributed by atoms with Gasteiger partial charge in [-0.05, 0) is 46.0 Å². The summed E-state index contributed by atoms with van der Waals surface area (Å²) in [5, 5.41) is 5.90. The highest BCUT2D eigenvalue weighted by molar-refractivity contribution is 5.92. The first-order chi connectivity index (χ1) is 9.71. The number of ether oxygens (including phenoxy) is 2. The molecule has 0 unspecified atom stereocenters. The van der Waals surface area contributed by atoms with Crippen LogP contribution < -0.4 is 20.1 Å². The van der Waals surface area contributed by atoms with E-state index in [4.69, 9.17) is 9.47 Å². The lowest BCUT2D eigenvalue weighted by Crippen LogP contribution is -2.16. The molecule has 0 saturated heterocycles. The van der Waals surface area contributed by atoms with Gasteiger partial charge < -0.3 is 20.1 Å². The fraction of sp³-hybridized carbons (Fsp3) is 0.533. The third-order valence-corrected chi connectivity index (χ3v) is 2.67. The molecule has 5 nitrogen and oxygen atoms in total.